The van der Waals surface area contributed by atoms with Crippen LogP contribution >= 0.6 is 0 Å². The van der Waals surface area contributed by atoms with E-state index < -0.39 is 0 Å². The molecule has 22 heavy (non-hydrogen) atoms. The zero-order valence-corrected chi connectivity index (χ0v) is 12.8. The smallest absolute Gasteiger partial charge is 0.224 e. The minimum atomic E-state index is -0.0676. The van der Waals surface area contributed by atoms with E-state index in [4.69, 9.17) is 4.42 Å². The van der Waals surface area contributed by atoms with Gasteiger partial charge in [0.15, 0.2) is 0 Å². The number of aromatic nitrogens is 2. The maximum Gasteiger partial charge on any atom is 0.224 e. The summed E-state index contributed by atoms with van der Waals surface area (Å²) in [5.74, 6) is 0.880. The summed E-state index contributed by atoms with van der Waals surface area (Å²) >= 11 is 0. The fourth-order valence-corrected chi connectivity index (χ4v) is 2.52. The first kappa shape index (κ1) is 14.4. The third-order valence-electron chi connectivity index (χ3n) is 4.02. The summed E-state index contributed by atoms with van der Waals surface area (Å²) in [4.78, 5) is 18.4. The van der Waals surface area contributed by atoms with Crippen LogP contribution < -0.4 is 0 Å². The van der Waals surface area contributed by atoms with Crippen molar-refractivity contribution in [2.45, 2.75) is 25.9 Å². The van der Waals surface area contributed by atoms with Gasteiger partial charge in [0.1, 0.15) is 5.76 Å². The Kier molecular flexibility index (Phi) is 3.96. The number of carbonyl (C=O) groups excluding carboxylic acids is 1. The highest BCUT2D eigenvalue weighted by Gasteiger charge is 2.19. The van der Waals surface area contributed by atoms with Gasteiger partial charge >= 0.3 is 0 Å². The Morgan fingerprint density at radius 2 is 2.14 bits per heavy atom. The second-order valence-corrected chi connectivity index (χ2v) is 5.37. The fourth-order valence-electron chi connectivity index (χ4n) is 2.52. The molecular formula is C17H19N3O2. The van der Waals surface area contributed by atoms with Crippen LogP contribution in [0.3, 0.4) is 0 Å². The Balaban J connectivity index is 1.64. The van der Waals surface area contributed by atoms with Gasteiger partial charge in [-0.05, 0) is 31.2 Å². The quantitative estimate of drug-likeness (QED) is 0.726. The number of para-hydroxylation sites is 2. The van der Waals surface area contributed by atoms with Crippen molar-refractivity contribution in [1.29, 1.82) is 0 Å². The van der Waals surface area contributed by atoms with Crippen molar-refractivity contribution in [3.63, 3.8) is 0 Å². The van der Waals surface area contributed by atoms with Crippen molar-refractivity contribution in [2.24, 2.45) is 0 Å². The number of hydrogen-bond acceptors (Lipinski definition) is 3. The molecule has 5 nitrogen and oxygen atoms in total. The van der Waals surface area contributed by atoms with Crippen molar-refractivity contribution < 1.29 is 9.21 Å². The van der Waals surface area contributed by atoms with Gasteiger partial charge in [0.2, 0.25) is 5.91 Å². The molecular weight excluding hydrogens is 278 g/mol. The molecule has 3 rings (SSSR count). The Hall–Kier alpha value is -2.56. The van der Waals surface area contributed by atoms with Gasteiger partial charge in [0.25, 0.3) is 0 Å². The van der Waals surface area contributed by atoms with E-state index in [0.29, 0.717) is 13.0 Å². The Morgan fingerprint density at radius 1 is 1.32 bits per heavy atom. The predicted molar refractivity (Wildman–Crippen MR) is 84.2 cm³/mol. The fraction of sp³-hybridized carbons (Fsp3) is 0.294. The van der Waals surface area contributed by atoms with E-state index in [-0.39, 0.29) is 11.9 Å². The molecule has 0 spiro atoms. The molecule has 0 fully saturated rings. The van der Waals surface area contributed by atoms with Gasteiger partial charge in [0, 0.05) is 20.0 Å². The highest BCUT2D eigenvalue weighted by molar-refractivity contribution is 5.77. The number of aryl methyl sites for hydroxylation is 1. The lowest BCUT2D eigenvalue weighted by Gasteiger charge is -2.23. The van der Waals surface area contributed by atoms with Crippen molar-refractivity contribution in [2.75, 3.05) is 7.05 Å². The minimum Gasteiger partial charge on any atom is -0.467 e. The van der Waals surface area contributed by atoms with E-state index in [0.717, 1.165) is 16.8 Å². The molecule has 0 aliphatic rings. The molecule has 0 N–H and O–H groups in total. The van der Waals surface area contributed by atoms with E-state index in [1.54, 1.807) is 17.5 Å². The van der Waals surface area contributed by atoms with E-state index in [9.17, 15) is 4.79 Å². The number of benzene rings is 1. The van der Waals surface area contributed by atoms with Crippen LogP contribution in [0.2, 0.25) is 0 Å². The Labute approximate surface area is 129 Å². The molecule has 0 bridgehead atoms. The predicted octanol–water partition coefficient (Wildman–Crippen LogP) is 3.24. The number of hydrogen-bond donors (Lipinski definition) is 0. The average molecular weight is 297 g/mol. The van der Waals surface area contributed by atoms with Gasteiger partial charge in [-0.2, -0.15) is 0 Å². The van der Waals surface area contributed by atoms with Crippen LogP contribution in [-0.2, 0) is 11.3 Å². The molecule has 0 radical (unpaired) electrons. The number of imidazole rings is 1. The first-order valence-electron chi connectivity index (χ1n) is 7.36. The molecule has 3 aromatic rings. The Morgan fingerprint density at radius 3 is 2.91 bits per heavy atom. The number of carbonyl (C=O) groups is 1. The molecule has 114 valence electrons. The van der Waals surface area contributed by atoms with Crippen molar-refractivity contribution in [3.05, 3.63) is 54.7 Å². The van der Waals surface area contributed by atoms with Crippen LogP contribution in [0.15, 0.2) is 53.4 Å². The third kappa shape index (κ3) is 2.74. The standard InChI is InChI=1S/C17H19N3O2/c1-13(16-8-5-11-22-16)19(2)17(21)9-10-20-12-18-14-6-3-4-7-15(14)20/h3-8,11-13H,9-10H2,1-2H3. The van der Waals surface area contributed by atoms with Crippen LogP contribution in [0, 0.1) is 0 Å². The first-order valence-corrected chi connectivity index (χ1v) is 7.36. The van der Waals surface area contributed by atoms with E-state index in [1.807, 2.05) is 54.9 Å². The third-order valence-corrected chi connectivity index (χ3v) is 4.02. The number of fused-ring (bicyclic) bond motifs is 1. The summed E-state index contributed by atoms with van der Waals surface area (Å²) in [5.41, 5.74) is 2.00. The first-order chi connectivity index (χ1) is 10.7. The maximum absolute atomic E-state index is 12.4. The number of amides is 1. The number of furan rings is 1. The van der Waals surface area contributed by atoms with Gasteiger partial charge in [-0.3, -0.25) is 4.79 Å². The molecule has 1 aromatic carbocycles. The highest BCUT2D eigenvalue weighted by Crippen LogP contribution is 2.20. The van der Waals surface area contributed by atoms with Gasteiger partial charge in [-0.25, -0.2) is 4.98 Å². The lowest BCUT2D eigenvalue weighted by molar-refractivity contribution is -0.132. The molecule has 0 saturated heterocycles. The summed E-state index contributed by atoms with van der Waals surface area (Å²) in [6.07, 6.45) is 3.84. The van der Waals surface area contributed by atoms with Crippen LogP contribution in [0.5, 0.6) is 0 Å². The van der Waals surface area contributed by atoms with E-state index in [1.165, 1.54) is 0 Å². The lowest BCUT2D eigenvalue weighted by atomic mass is 10.2. The van der Waals surface area contributed by atoms with Gasteiger partial charge in [-0.1, -0.05) is 12.1 Å². The average Bonchev–Trinajstić information content (AvgIpc) is 3.21. The van der Waals surface area contributed by atoms with Gasteiger partial charge in [0.05, 0.1) is 29.7 Å². The second kappa shape index (κ2) is 6.05. The molecule has 2 aromatic heterocycles. The van der Waals surface area contributed by atoms with Crippen LogP contribution in [0.1, 0.15) is 25.1 Å². The number of nitrogens with zero attached hydrogens (tertiary/aromatic N) is 3. The van der Waals surface area contributed by atoms with Crippen LogP contribution in [0.4, 0.5) is 0 Å². The molecule has 0 aliphatic heterocycles. The maximum atomic E-state index is 12.4. The Bertz CT molecular complexity index is 761. The zero-order valence-electron chi connectivity index (χ0n) is 12.8. The molecule has 2 heterocycles. The summed E-state index contributed by atoms with van der Waals surface area (Å²) in [6, 6.07) is 11.6. The SMILES string of the molecule is CC(c1ccco1)N(C)C(=O)CCn1cnc2ccccc21. The molecule has 1 atom stereocenters. The molecule has 0 saturated carbocycles. The summed E-state index contributed by atoms with van der Waals surface area (Å²) in [6.45, 7) is 2.58. The monoisotopic (exact) mass is 297 g/mol. The van der Waals surface area contributed by atoms with Crippen molar-refractivity contribution in [1.82, 2.24) is 14.5 Å². The van der Waals surface area contributed by atoms with Crippen molar-refractivity contribution >= 4 is 16.9 Å². The normalized spacial score (nSPS) is 12.5. The summed E-state index contributed by atoms with van der Waals surface area (Å²) < 4.78 is 7.38. The van der Waals surface area contributed by atoms with E-state index >= 15 is 0 Å². The highest BCUT2D eigenvalue weighted by atomic mass is 16.3. The second-order valence-electron chi connectivity index (χ2n) is 5.37. The number of rotatable bonds is 5. The van der Waals surface area contributed by atoms with Crippen LogP contribution in [-0.4, -0.2) is 27.4 Å². The van der Waals surface area contributed by atoms with E-state index in [2.05, 4.69) is 4.98 Å². The lowest BCUT2D eigenvalue weighted by Crippen LogP contribution is -2.30. The molecule has 5 heteroatoms. The molecule has 1 amide bonds. The van der Waals surface area contributed by atoms with Crippen molar-refractivity contribution in [3.8, 4) is 0 Å². The molecule has 1 unspecified atom stereocenters. The van der Waals surface area contributed by atoms with Gasteiger partial charge < -0.3 is 13.9 Å². The minimum absolute atomic E-state index is 0.0676. The zero-order chi connectivity index (χ0) is 15.5. The van der Waals surface area contributed by atoms with Crippen LogP contribution in [0.25, 0.3) is 11.0 Å². The summed E-state index contributed by atoms with van der Waals surface area (Å²) in [7, 11) is 1.81. The molecule has 0 aliphatic carbocycles. The largest absolute Gasteiger partial charge is 0.467 e. The summed E-state index contributed by atoms with van der Waals surface area (Å²) in [5, 5.41) is 0. The topological polar surface area (TPSA) is 51.3 Å². The van der Waals surface area contributed by atoms with Gasteiger partial charge in [-0.15, -0.1) is 0 Å².